The van der Waals surface area contributed by atoms with Gasteiger partial charge in [-0.05, 0) is 94.7 Å². The van der Waals surface area contributed by atoms with Gasteiger partial charge in [0, 0.05) is 43.9 Å². The lowest BCUT2D eigenvalue weighted by molar-refractivity contribution is -0.129. The van der Waals surface area contributed by atoms with Gasteiger partial charge in [-0.25, -0.2) is 19.0 Å². The molecule has 1 aliphatic carbocycles. The lowest BCUT2D eigenvalue weighted by atomic mass is 9.83. The van der Waals surface area contributed by atoms with Crippen LogP contribution in [0.25, 0.3) is 5.57 Å². The first kappa shape index (κ1) is 38.4. The number of ether oxygens (including phenoxy) is 3. The third-order valence-corrected chi connectivity index (χ3v) is 11.4. The number of aryl methyl sites for hydroxylation is 2. The highest BCUT2D eigenvalue weighted by Crippen LogP contribution is 2.43. The summed E-state index contributed by atoms with van der Waals surface area (Å²) in [6, 6.07) is 7.15. The Balaban J connectivity index is 1.33. The van der Waals surface area contributed by atoms with E-state index in [9.17, 15) is 19.1 Å². The number of methoxy groups -OCH3 is 1. The number of thiazole rings is 1. The smallest absolute Gasteiger partial charge is 0.410 e. The van der Waals surface area contributed by atoms with Crippen molar-refractivity contribution in [1.29, 1.82) is 0 Å². The van der Waals surface area contributed by atoms with Crippen LogP contribution in [0.4, 0.5) is 14.0 Å². The number of hydrogen-bond acceptors (Lipinski definition) is 8. The lowest BCUT2D eigenvalue weighted by Crippen LogP contribution is -2.65. The fraction of sp³-hybridized carbons (Fsp3) is 0.487. The van der Waals surface area contributed by atoms with E-state index in [0.717, 1.165) is 50.7 Å². The van der Waals surface area contributed by atoms with E-state index in [1.807, 2.05) is 30.0 Å². The van der Waals surface area contributed by atoms with Crippen LogP contribution < -0.4 is 9.47 Å². The van der Waals surface area contributed by atoms with E-state index in [0.29, 0.717) is 25.0 Å². The van der Waals surface area contributed by atoms with Crippen molar-refractivity contribution in [3.63, 3.8) is 0 Å². The minimum atomic E-state index is -1.15. The van der Waals surface area contributed by atoms with Crippen LogP contribution in [0.2, 0.25) is 5.02 Å². The number of piperazine rings is 1. The van der Waals surface area contributed by atoms with E-state index < -0.39 is 35.7 Å². The summed E-state index contributed by atoms with van der Waals surface area (Å²) in [4.78, 5) is 51.5. The Bertz CT molecular complexity index is 1920. The third-order valence-electron chi connectivity index (χ3n) is 9.83. The molecule has 1 unspecified atom stereocenters. The third kappa shape index (κ3) is 8.41. The first-order valence-electron chi connectivity index (χ1n) is 17.8. The monoisotopic (exact) mass is 768 g/mol. The van der Waals surface area contributed by atoms with Gasteiger partial charge in [0.15, 0.2) is 11.6 Å². The second-order valence-corrected chi connectivity index (χ2v) is 16.3. The molecule has 3 amide bonds. The maximum atomic E-state index is 15.0. The molecular formula is C39H46ClFN4O7S. The molecule has 14 heteroatoms. The number of amides is 3. The number of fused-ring (bicyclic) bond motifs is 2. The summed E-state index contributed by atoms with van der Waals surface area (Å²) in [5.41, 5.74) is 2.93. The molecule has 1 saturated heterocycles. The summed E-state index contributed by atoms with van der Waals surface area (Å²) in [7, 11) is 1.61. The average Bonchev–Trinajstić information content (AvgIpc) is 3.83. The summed E-state index contributed by atoms with van der Waals surface area (Å²) in [6.07, 6.45) is 3.01. The molecule has 2 aromatic carbocycles. The topological polar surface area (TPSA) is 122 Å². The standard InChI is InChI=1S/C39H46ClFN4O7S/c1-22-12-15-28(41)35(34(22)40)51-16-8-11-32-42-18-31(53-32)27-17-26-20-43(38(49)52-39(3,4)5)21-29(45(26)37(47)48)33(27)36(46)44(25-13-14-25)19-24-9-7-10-30(50-6)23(24)2/h7,9-10,12,15,18,25-26,29H,8,11,13-14,16-17,19-21H2,1-6H3,(H,47,48)/t26?,29-/m1/s1. The number of rotatable bonds is 11. The van der Waals surface area contributed by atoms with Crippen molar-refractivity contribution in [1.82, 2.24) is 19.7 Å². The minimum Gasteiger partial charge on any atom is -0.496 e. The largest absolute Gasteiger partial charge is 0.496 e. The van der Waals surface area contributed by atoms with Crippen molar-refractivity contribution in [2.24, 2.45) is 0 Å². The number of carboxylic acid groups (broad SMARTS) is 1. The van der Waals surface area contributed by atoms with Gasteiger partial charge in [-0.15, -0.1) is 11.3 Å². The van der Waals surface area contributed by atoms with Crippen molar-refractivity contribution in [3.05, 3.63) is 79.5 Å². The van der Waals surface area contributed by atoms with Gasteiger partial charge in [0.1, 0.15) is 11.4 Å². The van der Waals surface area contributed by atoms with Crippen molar-refractivity contribution in [3.8, 4) is 11.5 Å². The Kier molecular flexibility index (Phi) is 11.3. The molecule has 1 aromatic heterocycles. The van der Waals surface area contributed by atoms with Gasteiger partial charge in [-0.3, -0.25) is 9.69 Å². The number of nitrogens with zero attached hydrogens (tertiary/aromatic N) is 4. The second kappa shape index (κ2) is 15.5. The van der Waals surface area contributed by atoms with Gasteiger partial charge < -0.3 is 29.1 Å². The molecule has 11 nitrogen and oxygen atoms in total. The minimum absolute atomic E-state index is 0.00725. The number of carbonyl (C=O) groups excluding carboxylic acids is 2. The molecule has 2 aliphatic heterocycles. The molecule has 0 radical (unpaired) electrons. The van der Waals surface area contributed by atoms with Gasteiger partial charge in [-0.2, -0.15) is 0 Å². The van der Waals surface area contributed by atoms with Gasteiger partial charge in [0.25, 0.3) is 5.91 Å². The molecule has 1 N–H and O–H groups in total. The van der Waals surface area contributed by atoms with Crippen LogP contribution in [-0.4, -0.2) is 93.4 Å². The van der Waals surface area contributed by atoms with Crippen LogP contribution in [0, 0.1) is 19.7 Å². The fourth-order valence-electron chi connectivity index (χ4n) is 7.05. The van der Waals surface area contributed by atoms with Gasteiger partial charge >= 0.3 is 12.2 Å². The van der Waals surface area contributed by atoms with Gasteiger partial charge in [0.05, 0.1) is 40.7 Å². The van der Waals surface area contributed by atoms with Crippen LogP contribution in [0.5, 0.6) is 11.5 Å². The maximum absolute atomic E-state index is 15.0. The second-order valence-electron chi connectivity index (χ2n) is 14.8. The van der Waals surface area contributed by atoms with E-state index in [4.69, 9.17) is 25.8 Å². The van der Waals surface area contributed by atoms with E-state index in [1.165, 1.54) is 27.2 Å². The Morgan fingerprint density at radius 1 is 1.13 bits per heavy atom. The van der Waals surface area contributed by atoms with Crippen molar-refractivity contribution in [2.75, 3.05) is 26.8 Å². The molecule has 1 saturated carbocycles. The predicted molar refractivity (Wildman–Crippen MR) is 200 cm³/mol. The first-order valence-corrected chi connectivity index (χ1v) is 19.0. The zero-order chi connectivity index (χ0) is 38.2. The van der Waals surface area contributed by atoms with E-state index in [-0.39, 0.29) is 48.8 Å². The molecule has 2 fully saturated rings. The van der Waals surface area contributed by atoms with Gasteiger partial charge in [-0.1, -0.05) is 29.8 Å². The Morgan fingerprint density at radius 3 is 2.57 bits per heavy atom. The molecule has 0 spiro atoms. The molecule has 2 bridgehead atoms. The van der Waals surface area contributed by atoms with Crippen LogP contribution in [0.15, 0.2) is 42.1 Å². The Morgan fingerprint density at radius 2 is 1.89 bits per heavy atom. The highest BCUT2D eigenvalue weighted by atomic mass is 35.5. The molecule has 2 atom stereocenters. The van der Waals surface area contributed by atoms with Crippen LogP contribution in [0.1, 0.15) is 73.0 Å². The summed E-state index contributed by atoms with van der Waals surface area (Å²) < 4.78 is 31.3. The number of hydrogen-bond donors (Lipinski definition) is 1. The summed E-state index contributed by atoms with van der Waals surface area (Å²) in [5.74, 6) is -0.0307. The van der Waals surface area contributed by atoms with Crippen molar-refractivity contribution >= 4 is 46.6 Å². The molecule has 3 aromatic rings. The number of halogens is 2. The molecule has 3 heterocycles. The number of aromatic nitrogens is 1. The van der Waals surface area contributed by atoms with Crippen molar-refractivity contribution < 1.29 is 38.1 Å². The van der Waals surface area contributed by atoms with Crippen LogP contribution >= 0.6 is 22.9 Å². The summed E-state index contributed by atoms with van der Waals surface area (Å²) >= 11 is 7.72. The summed E-state index contributed by atoms with van der Waals surface area (Å²) in [6.45, 7) is 9.73. The quantitative estimate of drug-likeness (QED) is 0.196. The number of carbonyl (C=O) groups is 3. The Hall–Kier alpha value is -4.36. The molecular weight excluding hydrogens is 723 g/mol. The predicted octanol–water partition coefficient (Wildman–Crippen LogP) is 7.89. The lowest BCUT2D eigenvalue weighted by Gasteiger charge is -2.50. The normalized spacial score (nSPS) is 18.6. The van der Waals surface area contributed by atoms with Gasteiger partial charge in [0.2, 0.25) is 0 Å². The van der Waals surface area contributed by atoms with Crippen molar-refractivity contribution in [2.45, 2.75) is 97.0 Å². The highest BCUT2D eigenvalue weighted by Gasteiger charge is 2.50. The summed E-state index contributed by atoms with van der Waals surface area (Å²) in [5, 5.41) is 11.6. The zero-order valence-corrected chi connectivity index (χ0v) is 32.5. The number of benzene rings is 2. The SMILES string of the molecule is COc1cccc(CN(C(=O)C2=C(c3cnc(CCCOc4c(F)ccc(C)c4Cl)s3)CC3CN(C(=O)OC(C)(C)C)C[C@H]2N3C(=O)O)C2CC2)c1C. The highest BCUT2D eigenvalue weighted by molar-refractivity contribution is 7.12. The van der Waals surface area contributed by atoms with E-state index >= 15 is 4.79 Å². The average molecular weight is 769 g/mol. The van der Waals surface area contributed by atoms with Crippen LogP contribution in [-0.2, 0) is 22.5 Å². The molecule has 3 aliphatic rings. The fourth-order valence-corrected chi connectivity index (χ4v) is 8.28. The molecule has 53 heavy (non-hydrogen) atoms. The first-order chi connectivity index (χ1) is 25.2. The van der Waals surface area contributed by atoms with E-state index in [1.54, 1.807) is 47.1 Å². The molecule has 284 valence electrons. The zero-order valence-electron chi connectivity index (χ0n) is 30.9. The van der Waals surface area contributed by atoms with Crippen LogP contribution in [0.3, 0.4) is 0 Å². The Labute approximate surface area is 318 Å². The molecule has 6 rings (SSSR count). The van der Waals surface area contributed by atoms with E-state index in [2.05, 4.69) is 4.98 Å². The maximum Gasteiger partial charge on any atom is 0.410 e.